The summed E-state index contributed by atoms with van der Waals surface area (Å²) in [6.45, 7) is 4.70. The summed E-state index contributed by atoms with van der Waals surface area (Å²) >= 11 is 6.28. The molecule has 0 unspecified atom stereocenters. The number of hydrogen-bond acceptors (Lipinski definition) is 6. The van der Waals surface area contributed by atoms with Crippen LogP contribution in [0, 0.1) is 11.2 Å². The number of pyridine rings is 2. The molecular formula is C24H33ClFN5O. The van der Waals surface area contributed by atoms with Gasteiger partial charge >= 0.3 is 0 Å². The molecule has 0 bridgehead atoms. The molecule has 0 aliphatic heterocycles. The van der Waals surface area contributed by atoms with Crippen LogP contribution >= 0.6 is 11.6 Å². The Hall–Kier alpha value is -1.96. The molecule has 2 aliphatic rings. The number of rotatable bonds is 10. The lowest BCUT2D eigenvalue weighted by Gasteiger charge is -2.30. The fourth-order valence-electron chi connectivity index (χ4n) is 4.17. The van der Waals surface area contributed by atoms with E-state index in [4.69, 9.17) is 16.3 Å². The first kappa shape index (κ1) is 23.2. The van der Waals surface area contributed by atoms with Gasteiger partial charge in [-0.05, 0) is 56.1 Å². The van der Waals surface area contributed by atoms with Crippen LogP contribution in [-0.2, 0) is 4.74 Å². The predicted octanol–water partition coefficient (Wildman–Crippen LogP) is 5.11. The molecule has 8 heteroatoms. The number of ether oxygens (including phenoxy) is 1. The van der Waals surface area contributed by atoms with Gasteiger partial charge in [0, 0.05) is 49.6 Å². The second-order valence-corrected chi connectivity index (χ2v) is 9.77. The first-order chi connectivity index (χ1) is 15.5. The Morgan fingerprint density at radius 1 is 1.12 bits per heavy atom. The lowest BCUT2D eigenvalue weighted by atomic mass is 9.91. The quantitative estimate of drug-likeness (QED) is 0.337. The number of halogens is 2. The Labute approximate surface area is 194 Å². The predicted molar refractivity (Wildman–Crippen MR) is 128 cm³/mol. The molecule has 0 aromatic carbocycles. The van der Waals surface area contributed by atoms with Crippen molar-refractivity contribution in [3.8, 4) is 11.1 Å². The van der Waals surface area contributed by atoms with E-state index < -0.39 is 0 Å². The monoisotopic (exact) mass is 461 g/mol. The average molecular weight is 462 g/mol. The fraction of sp³-hybridized carbons (Fsp3) is 0.583. The van der Waals surface area contributed by atoms with Crippen LogP contribution in [0.2, 0.25) is 5.15 Å². The van der Waals surface area contributed by atoms with Crippen molar-refractivity contribution in [1.82, 2.24) is 15.3 Å². The largest absolute Gasteiger partial charge is 0.383 e. The minimum atomic E-state index is -0.370. The van der Waals surface area contributed by atoms with E-state index in [2.05, 4.69) is 32.8 Å². The van der Waals surface area contributed by atoms with Crippen molar-refractivity contribution in [3.63, 3.8) is 0 Å². The lowest BCUT2D eigenvalue weighted by Crippen LogP contribution is -2.38. The van der Waals surface area contributed by atoms with Crippen LogP contribution in [0.1, 0.15) is 45.4 Å². The van der Waals surface area contributed by atoms with Crippen LogP contribution in [-0.4, -0.2) is 48.9 Å². The van der Waals surface area contributed by atoms with E-state index in [0.717, 1.165) is 51.1 Å². The zero-order chi connectivity index (χ0) is 22.6. The minimum Gasteiger partial charge on any atom is -0.383 e. The highest BCUT2D eigenvalue weighted by atomic mass is 35.5. The van der Waals surface area contributed by atoms with E-state index in [9.17, 15) is 4.39 Å². The van der Waals surface area contributed by atoms with Gasteiger partial charge in [0.05, 0.1) is 18.5 Å². The summed E-state index contributed by atoms with van der Waals surface area (Å²) in [5, 5.41) is 10.8. The SMILES string of the molecule is COCCN[C@H]1CC[C@H](Nc2cc(-c3cnc(Cl)c(NCC4(C)CC4)c3)c(F)cn2)CC1. The number of hydrogen-bond donors (Lipinski definition) is 3. The molecule has 0 amide bonds. The number of methoxy groups -OCH3 is 1. The third-order valence-electron chi connectivity index (χ3n) is 6.63. The Morgan fingerprint density at radius 3 is 2.59 bits per heavy atom. The normalized spacial score (nSPS) is 21.9. The van der Waals surface area contributed by atoms with Crippen molar-refractivity contribution < 1.29 is 9.13 Å². The Morgan fingerprint density at radius 2 is 1.88 bits per heavy atom. The maximum Gasteiger partial charge on any atom is 0.152 e. The number of anilines is 2. The van der Waals surface area contributed by atoms with E-state index in [-0.39, 0.29) is 5.82 Å². The van der Waals surface area contributed by atoms with Crippen LogP contribution in [0.4, 0.5) is 15.9 Å². The number of aromatic nitrogens is 2. The van der Waals surface area contributed by atoms with Gasteiger partial charge in [-0.15, -0.1) is 0 Å². The van der Waals surface area contributed by atoms with Gasteiger partial charge in [0.1, 0.15) is 11.6 Å². The van der Waals surface area contributed by atoms with E-state index >= 15 is 0 Å². The molecule has 6 nitrogen and oxygen atoms in total. The summed E-state index contributed by atoms with van der Waals surface area (Å²) in [5.74, 6) is 0.318. The summed E-state index contributed by atoms with van der Waals surface area (Å²) < 4.78 is 19.8. The minimum absolute atomic E-state index is 0.330. The third-order valence-corrected chi connectivity index (χ3v) is 6.93. The average Bonchev–Trinajstić information content (AvgIpc) is 3.53. The second-order valence-electron chi connectivity index (χ2n) is 9.42. The summed E-state index contributed by atoms with van der Waals surface area (Å²) in [5.41, 5.74) is 2.23. The molecule has 0 saturated heterocycles. The van der Waals surface area contributed by atoms with E-state index in [0.29, 0.717) is 39.6 Å². The van der Waals surface area contributed by atoms with Gasteiger partial charge in [0.2, 0.25) is 0 Å². The topological polar surface area (TPSA) is 71.1 Å². The lowest BCUT2D eigenvalue weighted by molar-refractivity contribution is 0.191. The van der Waals surface area contributed by atoms with Crippen molar-refractivity contribution in [2.24, 2.45) is 5.41 Å². The van der Waals surface area contributed by atoms with Crippen molar-refractivity contribution in [2.75, 3.05) is 37.4 Å². The molecular weight excluding hydrogens is 429 g/mol. The highest BCUT2D eigenvalue weighted by Crippen LogP contribution is 2.45. The van der Waals surface area contributed by atoms with E-state index in [1.807, 2.05) is 6.07 Å². The first-order valence-corrected chi connectivity index (χ1v) is 11.9. The van der Waals surface area contributed by atoms with Gasteiger partial charge in [0.15, 0.2) is 5.15 Å². The molecule has 2 aromatic rings. The molecule has 4 rings (SSSR count). The molecule has 2 heterocycles. The molecule has 3 N–H and O–H groups in total. The molecule has 2 fully saturated rings. The number of nitrogens with one attached hydrogen (secondary N) is 3. The molecule has 174 valence electrons. The summed E-state index contributed by atoms with van der Waals surface area (Å²) in [7, 11) is 1.72. The Kier molecular flexibility index (Phi) is 7.48. The maximum atomic E-state index is 14.7. The van der Waals surface area contributed by atoms with Crippen LogP contribution < -0.4 is 16.0 Å². The second kappa shape index (κ2) is 10.3. The van der Waals surface area contributed by atoms with E-state index in [1.165, 1.54) is 19.0 Å². The van der Waals surface area contributed by atoms with Crippen molar-refractivity contribution in [3.05, 3.63) is 35.5 Å². The van der Waals surface area contributed by atoms with Crippen LogP contribution in [0.15, 0.2) is 24.5 Å². The van der Waals surface area contributed by atoms with Gasteiger partial charge < -0.3 is 20.7 Å². The Balaban J connectivity index is 1.40. The molecule has 2 saturated carbocycles. The molecule has 0 radical (unpaired) electrons. The molecule has 32 heavy (non-hydrogen) atoms. The summed E-state index contributed by atoms with van der Waals surface area (Å²) in [4.78, 5) is 8.56. The Bertz CT molecular complexity index is 915. The molecule has 0 atom stereocenters. The van der Waals surface area contributed by atoms with E-state index in [1.54, 1.807) is 19.4 Å². The van der Waals surface area contributed by atoms with Gasteiger partial charge in [0.25, 0.3) is 0 Å². The maximum absolute atomic E-state index is 14.7. The van der Waals surface area contributed by atoms with Crippen molar-refractivity contribution in [2.45, 2.75) is 57.5 Å². The fourth-order valence-corrected chi connectivity index (χ4v) is 4.34. The smallest absolute Gasteiger partial charge is 0.152 e. The van der Waals surface area contributed by atoms with Gasteiger partial charge in [-0.2, -0.15) is 0 Å². The van der Waals surface area contributed by atoms with Crippen LogP contribution in [0.25, 0.3) is 11.1 Å². The zero-order valence-electron chi connectivity index (χ0n) is 18.9. The number of nitrogens with zero attached hydrogens (tertiary/aromatic N) is 2. The van der Waals surface area contributed by atoms with Gasteiger partial charge in [-0.25, -0.2) is 14.4 Å². The van der Waals surface area contributed by atoms with Crippen LogP contribution in [0.5, 0.6) is 0 Å². The van der Waals surface area contributed by atoms with Gasteiger partial charge in [-0.1, -0.05) is 18.5 Å². The zero-order valence-corrected chi connectivity index (χ0v) is 19.6. The molecule has 2 aromatic heterocycles. The summed E-state index contributed by atoms with van der Waals surface area (Å²) in [6, 6.07) is 4.51. The molecule has 0 spiro atoms. The standard InChI is InChI=1S/C24H33ClFN5O/c1-24(7-8-24)15-30-21-11-16(13-29-23(21)25)19-12-22(28-14-20(19)26)31-18-5-3-17(4-6-18)27-9-10-32-2/h11-14,17-18,27,30H,3-10,15H2,1-2H3,(H,28,31)/t17-,18-. The first-order valence-electron chi connectivity index (χ1n) is 11.5. The van der Waals surface area contributed by atoms with Crippen molar-refractivity contribution in [1.29, 1.82) is 0 Å². The van der Waals surface area contributed by atoms with Gasteiger partial charge in [-0.3, -0.25) is 0 Å². The molecule has 2 aliphatic carbocycles. The van der Waals surface area contributed by atoms with Crippen molar-refractivity contribution >= 4 is 23.1 Å². The highest BCUT2D eigenvalue weighted by molar-refractivity contribution is 6.32. The highest BCUT2D eigenvalue weighted by Gasteiger charge is 2.36. The van der Waals surface area contributed by atoms with Crippen LogP contribution in [0.3, 0.4) is 0 Å². The summed E-state index contributed by atoms with van der Waals surface area (Å²) in [6.07, 6.45) is 9.62. The third kappa shape index (κ3) is 6.09.